The molecule has 2 bridgehead atoms. The van der Waals surface area contributed by atoms with Gasteiger partial charge in [-0.15, -0.1) is 11.8 Å². The molecule has 1 amide bonds. The summed E-state index contributed by atoms with van der Waals surface area (Å²) in [5, 5.41) is 0.0699. The second-order valence-electron chi connectivity index (χ2n) is 9.35. The zero-order valence-corrected chi connectivity index (χ0v) is 18.5. The van der Waals surface area contributed by atoms with Crippen LogP contribution in [0.1, 0.15) is 43.2 Å². The fourth-order valence-electron chi connectivity index (χ4n) is 5.22. The molecule has 156 valence electrons. The molecule has 2 aromatic rings. The Morgan fingerprint density at radius 3 is 2.57 bits per heavy atom. The summed E-state index contributed by atoms with van der Waals surface area (Å²) in [5.74, 6) is 3.20. The summed E-state index contributed by atoms with van der Waals surface area (Å²) >= 11 is 1.70. The highest BCUT2D eigenvalue weighted by Crippen LogP contribution is 2.59. The summed E-state index contributed by atoms with van der Waals surface area (Å²) in [7, 11) is 0. The number of allylic oxidation sites excluding steroid dienone is 1. The van der Waals surface area contributed by atoms with Crippen LogP contribution in [0.2, 0.25) is 0 Å². The van der Waals surface area contributed by atoms with Crippen LogP contribution < -0.4 is 4.74 Å². The molecule has 6 rings (SSSR count). The van der Waals surface area contributed by atoms with E-state index in [1.54, 1.807) is 11.8 Å². The number of hydrogen-bond acceptors (Lipinski definition) is 3. The highest BCUT2D eigenvalue weighted by atomic mass is 32.2. The minimum absolute atomic E-state index is 0.0699. The Labute approximate surface area is 183 Å². The smallest absolute Gasteiger partial charge is 0.234 e. The Bertz CT molecular complexity index is 951. The second-order valence-corrected chi connectivity index (χ2v) is 10.4. The average molecular weight is 420 g/mol. The van der Waals surface area contributed by atoms with E-state index in [0.717, 1.165) is 17.2 Å². The maximum absolute atomic E-state index is 12.5. The van der Waals surface area contributed by atoms with Gasteiger partial charge in [-0.05, 0) is 58.9 Å². The van der Waals surface area contributed by atoms with Gasteiger partial charge in [0.05, 0.1) is 5.75 Å². The lowest BCUT2D eigenvalue weighted by Crippen LogP contribution is -2.48. The SMILES string of the molecule is CC1(C)C2CC=C(COc3ccc(C4SCC(=O)N4Cc4ccccc4)cc3)C1C2. The summed E-state index contributed by atoms with van der Waals surface area (Å²) in [6.45, 7) is 6.14. The molecule has 3 nitrogen and oxygen atoms in total. The Kier molecular flexibility index (Phi) is 5.14. The lowest BCUT2D eigenvalue weighted by Gasteiger charge is -2.56. The van der Waals surface area contributed by atoms with Crippen molar-refractivity contribution in [3.05, 3.63) is 77.4 Å². The third-order valence-electron chi connectivity index (χ3n) is 7.32. The Hall–Kier alpha value is -2.20. The van der Waals surface area contributed by atoms with Gasteiger partial charge in [0.2, 0.25) is 5.91 Å². The van der Waals surface area contributed by atoms with E-state index in [1.807, 2.05) is 23.1 Å². The van der Waals surface area contributed by atoms with Crippen molar-refractivity contribution in [2.24, 2.45) is 17.3 Å². The van der Waals surface area contributed by atoms with Gasteiger partial charge in [-0.1, -0.05) is 62.4 Å². The molecule has 1 saturated carbocycles. The fraction of sp³-hybridized carbons (Fsp3) is 0.423. The molecular weight excluding hydrogens is 390 g/mol. The van der Waals surface area contributed by atoms with Gasteiger partial charge in [0.1, 0.15) is 17.7 Å². The van der Waals surface area contributed by atoms with Crippen molar-refractivity contribution in [2.75, 3.05) is 12.4 Å². The molecule has 0 N–H and O–H groups in total. The predicted octanol–water partition coefficient (Wildman–Crippen LogP) is 5.83. The standard InChI is InChI=1S/C26H29NO2S/c1-26(2)21-11-8-20(23(26)14-21)16-29-22-12-9-19(10-13-22)25-27(24(28)17-30-25)15-18-6-4-3-5-7-18/h3-10,12-13,21,23,25H,11,14-17H2,1-2H3. The van der Waals surface area contributed by atoms with Crippen molar-refractivity contribution in [3.63, 3.8) is 0 Å². The molecule has 4 heteroatoms. The number of amides is 1. The molecule has 1 heterocycles. The molecule has 2 aromatic carbocycles. The van der Waals surface area contributed by atoms with Gasteiger partial charge in [-0.25, -0.2) is 0 Å². The van der Waals surface area contributed by atoms with Gasteiger partial charge >= 0.3 is 0 Å². The second kappa shape index (κ2) is 7.81. The average Bonchev–Trinajstić information content (AvgIpc) is 3.13. The van der Waals surface area contributed by atoms with Crippen LogP contribution in [-0.4, -0.2) is 23.2 Å². The summed E-state index contributed by atoms with van der Waals surface area (Å²) in [6, 6.07) is 18.5. The number of ether oxygens (including phenoxy) is 1. The maximum atomic E-state index is 12.5. The Morgan fingerprint density at radius 2 is 1.87 bits per heavy atom. The summed E-state index contributed by atoms with van der Waals surface area (Å²) in [6.07, 6.45) is 4.93. The molecule has 1 aliphatic heterocycles. The Morgan fingerprint density at radius 1 is 1.10 bits per heavy atom. The van der Waals surface area contributed by atoms with Crippen LogP contribution in [0.5, 0.6) is 5.75 Å². The summed E-state index contributed by atoms with van der Waals surface area (Å²) in [5.41, 5.74) is 4.23. The van der Waals surface area contributed by atoms with E-state index < -0.39 is 0 Å². The van der Waals surface area contributed by atoms with Gasteiger partial charge in [0.15, 0.2) is 0 Å². The lowest BCUT2D eigenvalue weighted by molar-refractivity contribution is -0.128. The Balaban J connectivity index is 1.23. The number of carbonyl (C=O) groups excluding carboxylic acids is 1. The van der Waals surface area contributed by atoms with Crippen LogP contribution in [0.25, 0.3) is 0 Å². The predicted molar refractivity (Wildman–Crippen MR) is 122 cm³/mol. The lowest BCUT2D eigenvalue weighted by atomic mass is 9.49. The number of benzene rings is 2. The minimum atomic E-state index is 0.0699. The molecule has 2 fully saturated rings. The first-order valence-electron chi connectivity index (χ1n) is 10.9. The van der Waals surface area contributed by atoms with Gasteiger partial charge in [-0.2, -0.15) is 0 Å². The number of thioether (sulfide) groups is 1. The van der Waals surface area contributed by atoms with Gasteiger partial charge in [-0.3, -0.25) is 4.79 Å². The highest BCUT2D eigenvalue weighted by molar-refractivity contribution is 8.00. The van der Waals surface area contributed by atoms with Gasteiger partial charge in [0, 0.05) is 6.54 Å². The molecule has 0 spiro atoms. The molecule has 3 aliphatic carbocycles. The van der Waals surface area contributed by atoms with Crippen LogP contribution in [0.4, 0.5) is 0 Å². The number of nitrogens with zero attached hydrogens (tertiary/aromatic N) is 1. The van der Waals surface area contributed by atoms with Crippen molar-refractivity contribution in [3.8, 4) is 5.75 Å². The normalized spacial score (nSPS) is 26.9. The molecule has 1 saturated heterocycles. The summed E-state index contributed by atoms with van der Waals surface area (Å²) in [4.78, 5) is 14.5. The summed E-state index contributed by atoms with van der Waals surface area (Å²) < 4.78 is 6.14. The van der Waals surface area contributed by atoms with E-state index in [-0.39, 0.29) is 11.3 Å². The third kappa shape index (κ3) is 3.56. The zero-order chi connectivity index (χ0) is 20.7. The monoisotopic (exact) mass is 419 g/mol. The molecule has 3 atom stereocenters. The van der Waals surface area contributed by atoms with Crippen molar-refractivity contribution in [2.45, 2.75) is 38.6 Å². The molecule has 4 aliphatic rings. The van der Waals surface area contributed by atoms with Gasteiger partial charge < -0.3 is 9.64 Å². The third-order valence-corrected chi connectivity index (χ3v) is 8.57. The fourth-order valence-corrected chi connectivity index (χ4v) is 6.41. The quantitative estimate of drug-likeness (QED) is 0.552. The van der Waals surface area contributed by atoms with E-state index in [9.17, 15) is 4.79 Å². The number of fused-ring (bicyclic) bond motifs is 1. The van der Waals surface area contributed by atoms with Crippen LogP contribution in [0.15, 0.2) is 66.2 Å². The number of carbonyl (C=O) groups is 1. The van der Waals surface area contributed by atoms with Crippen molar-refractivity contribution >= 4 is 17.7 Å². The van der Waals surface area contributed by atoms with Crippen molar-refractivity contribution < 1.29 is 9.53 Å². The maximum Gasteiger partial charge on any atom is 0.234 e. The van der Waals surface area contributed by atoms with Crippen LogP contribution in [0, 0.1) is 17.3 Å². The van der Waals surface area contributed by atoms with Crippen LogP contribution in [-0.2, 0) is 11.3 Å². The van der Waals surface area contributed by atoms with E-state index >= 15 is 0 Å². The first-order chi connectivity index (χ1) is 14.5. The molecule has 0 aromatic heterocycles. The molecule has 3 unspecified atom stereocenters. The molecule has 30 heavy (non-hydrogen) atoms. The minimum Gasteiger partial charge on any atom is -0.489 e. The topological polar surface area (TPSA) is 29.5 Å². The molecular formula is C26H29NO2S. The van der Waals surface area contributed by atoms with E-state index in [1.165, 1.54) is 24.0 Å². The van der Waals surface area contributed by atoms with Crippen LogP contribution >= 0.6 is 11.8 Å². The van der Waals surface area contributed by atoms with E-state index in [2.05, 4.69) is 56.3 Å². The first-order valence-corrected chi connectivity index (χ1v) is 11.9. The van der Waals surface area contributed by atoms with E-state index in [4.69, 9.17) is 4.74 Å². The molecule has 0 radical (unpaired) electrons. The zero-order valence-electron chi connectivity index (χ0n) is 17.7. The van der Waals surface area contributed by atoms with Crippen LogP contribution in [0.3, 0.4) is 0 Å². The number of hydrogen-bond donors (Lipinski definition) is 0. The highest BCUT2D eigenvalue weighted by Gasteiger charge is 2.51. The largest absolute Gasteiger partial charge is 0.489 e. The first kappa shape index (κ1) is 19.7. The van der Waals surface area contributed by atoms with Crippen molar-refractivity contribution in [1.82, 2.24) is 4.90 Å². The van der Waals surface area contributed by atoms with E-state index in [0.29, 0.717) is 30.2 Å². The van der Waals surface area contributed by atoms with Crippen molar-refractivity contribution in [1.29, 1.82) is 0 Å². The van der Waals surface area contributed by atoms with Gasteiger partial charge in [0.25, 0.3) is 0 Å². The number of rotatable bonds is 6.